The van der Waals surface area contributed by atoms with Crippen molar-refractivity contribution in [2.45, 2.75) is 25.5 Å². The quantitative estimate of drug-likeness (QED) is 0.251. The number of hydrogen-bond acceptors (Lipinski definition) is 7. The van der Waals surface area contributed by atoms with E-state index in [4.69, 9.17) is 15.9 Å². The van der Waals surface area contributed by atoms with Crippen LogP contribution in [0.5, 0.6) is 0 Å². The van der Waals surface area contributed by atoms with Crippen molar-refractivity contribution >= 4 is 28.9 Å². The first-order valence-corrected chi connectivity index (χ1v) is 6.68. The fraction of sp³-hybridized carbons (Fsp3) is 0.385. The van der Waals surface area contributed by atoms with Gasteiger partial charge in [0, 0.05) is 18.3 Å². The molecule has 0 heterocycles. The number of nitrogens with two attached hydrogens (primary N) is 1. The highest BCUT2D eigenvalue weighted by atomic mass is 16.6. The molecule has 0 aromatic heterocycles. The van der Waals surface area contributed by atoms with Crippen LogP contribution < -0.4 is 16.4 Å². The van der Waals surface area contributed by atoms with Crippen molar-refractivity contribution < 1.29 is 24.7 Å². The van der Waals surface area contributed by atoms with Gasteiger partial charge in [-0.15, -0.1) is 0 Å². The molecule has 0 bridgehead atoms. The van der Waals surface area contributed by atoms with Crippen LogP contribution in [-0.4, -0.2) is 45.7 Å². The molecular formula is C13H18N4O6. The van der Waals surface area contributed by atoms with E-state index in [1.165, 1.54) is 19.1 Å². The van der Waals surface area contributed by atoms with Crippen molar-refractivity contribution in [1.29, 1.82) is 0 Å². The number of carbonyl (C=O) groups excluding carboxylic acids is 1. The number of hydrogen-bond donors (Lipinski definition) is 5. The van der Waals surface area contributed by atoms with E-state index in [1.54, 1.807) is 0 Å². The van der Waals surface area contributed by atoms with E-state index in [9.17, 15) is 19.7 Å². The molecule has 0 aliphatic carbocycles. The number of nitro groups is 1. The molecule has 0 radical (unpaired) electrons. The lowest BCUT2D eigenvalue weighted by atomic mass is 10.1. The Morgan fingerprint density at radius 3 is 2.61 bits per heavy atom. The van der Waals surface area contributed by atoms with Crippen molar-refractivity contribution in [3.8, 4) is 0 Å². The predicted octanol–water partition coefficient (Wildman–Crippen LogP) is -0.0708. The summed E-state index contributed by atoms with van der Waals surface area (Å²) in [7, 11) is 0. The van der Waals surface area contributed by atoms with E-state index in [2.05, 4.69) is 10.6 Å². The van der Waals surface area contributed by atoms with Gasteiger partial charge in [-0.05, 0) is 19.1 Å². The van der Waals surface area contributed by atoms with Gasteiger partial charge in [0.25, 0.3) is 5.69 Å². The first kappa shape index (κ1) is 18.3. The van der Waals surface area contributed by atoms with Crippen LogP contribution in [-0.2, 0) is 9.59 Å². The summed E-state index contributed by atoms with van der Waals surface area (Å²) >= 11 is 0. The zero-order valence-electron chi connectivity index (χ0n) is 12.4. The van der Waals surface area contributed by atoms with Gasteiger partial charge in [0.15, 0.2) is 0 Å². The number of nitrogen functional groups attached to an aromatic ring is 1. The van der Waals surface area contributed by atoms with Crippen molar-refractivity contribution in [3.63, 3.8) is 0 Å². The maximum atomic E-state index is 11.9. The van der Waals surface area contributed by atoms with Crippen molar-refractivity contribution in [2.75, 3.05) is 17.6 Å². The molecule has 1 rings (SSSR count). The lowest BCUT2D eigenvalue weighted by molar-refractivity contribution is -0.383. The molecule has 0 fully saturated rings. The van der Waals surface area contributed by atoms with Crippen LogP contribution >= 0.6 is 0 Å². The van der Waals surface area contributed by atoms with Crippen LogP contribution in [0.1, 0.15) is 13.3 Å². The summed E-state index contributed by atoms with van der Waals surface area (Å²) in [5.41, 5.74) is 5.18. The minimum absolute atomic E-state index is 0.0115. The number of benzene rings is 1. The molecule has 0 aliphatic rings. The first-order valence-electron chi connectivity index (χ1n) is 6.68. The second-order valence-electron chi connectivity index (χ2n) is 4.93. The van der Waals surface area contributed by atoms with E-state index < -0.39 is 35.4 Å². The van der Waals surface area contributed by atoms with Crippen molar-refractivity contribution in [1.82, 2.24) is 5.32 Å². The molecule has 1 amide bonds. The number of carbonyl (C=O) groups is 2. The molecule has 0 aliphatic heterocycles. The van der Waals surface area contributed by atoms with E-state index in [-0.39, 0.29) is 23.6 Å². The number of nitrogens with one attached hydrogen (secondary N) is 2. The van der Waals surface area contributed by atoms with E-state index in [0.29, 0.717) is 0 Å². The average Bonchev–Trinajstić information content (AvgIpc) is 2.44. The standard InChI is InChI=1S/C13H18N4O6/c1-7(18)6-15-10(13(20)21)5-12(19)16-8-2-3-9(14)11(4-8)17(22)23/h2-4,7,10,15,18H,5-6,14H2,1H3,(H,16,19)(H,20,21). The third kappa shape index (κ3) is 5.88. The number of rotatable bonds is 8. The molecule has 2 atom stereocenters. The highest BCUT2D eigenvalue weighted by Gasteiger charge is 2.22. The Balaban J connectivity index is 2.73. The smallest absolute Gasteiger partial charge is 0.321 e. The summed E-state index contributed by atoms with van der Waals surface area (Å²) in [6.07, 6.45) is -1.17. The predicted molar refractivity (Wildman–Crippen MR) is 81.9 cm³/mol. The monoisotopic (exact) mass is 326 g/mol. The Morgan fingerprint density at radius 1 is 1.43 bits per heavy atom. The molecule has 126 valence electrons. The number of carboxylic acids is 1. The Morgan fingerprint density at radius 2 is 2.09 bits per heavy atom. The Hall–Kier alpha value is -2.72. The third-order valence-corrected chi connectivity index (χ3v) is 2.86. The molecule has 0 saturated carbocycles. The molecule has 10 nitrogen and oxygen atoms in total. The summed E-state index contributed by atoms with van der Waals surface area (Å²) in [4.78, 5) is 33.0. The molecule has 2 unspecified atom stereocenters. The molecule has 1 aromatic carbocycles. The largest absolute Gasteiger partial charge is 0.480 e. The van der Waals surface area contributed by atoms with Crippen LogP contribution in [0, 0.1) is 10.1 Å². The second-order valence-corrected chi connectivity index (χ2v) is 4.93. The normalized spacial score (nSPS) is 13.1. The van der Waals surface area contributed by atoms with Crippen LogP contribution in [0.25, 0.3) is 0 Å². The molecular weight excluding hydrogens is 308 g/mol. The average molecular weight is 326 g/mol. The number of amides is 1. The number of aliphatic hydroxyl groups is 1. The fourth-order valence-corrected chi connectivity index (χ4v) is 1.74. The molecule has 0 saturated heterocycles. The van der Waals surface area contributed by atoms with Crippen molar-refractivity contribution in [3.05, 3.63) is 28.3 Å². The second kappa shape index (κ2) is 8.06. The number of aliphatic hydroxyl groups excluding tert-OH is 1. The van der Waals surface area contributed by atoms with Crippen LogP contribution in [0.3, 0.4) is 0 Å². The van der Waals surface area contributed by atoms with Gasteiger partial charge in [0.1, 0.15) is 11.7 Å². The fourth-order valence-electron chi connectivity index (χ4n) is 1.74. The zero-order valence-corrected chi connectivity index (χ0v) is 12.4. The lowest BCUT2D eigenvalue weighted by Gasteiger charge is -2.15. The van der Waals surface area contributed by atoms with Crippen molar-refractivity contribution in [2.24, 2.45) is 0 Å². The number of anilines is 2. The van der Waals surface area contributed by atoms with E-state index in [1.807, 2.05) is 0 Å². The van der Waals surface area contributed by atoms with Gasteiger partial charge in [0.2, 0.25) is 5.91 Å². The number of aliphatic carboxylic acids is 1. The first-order chi connectivity index (χ1) is 10.7. The van der Waals surface area contributed by atoms with Gasteiger partial charge < -0.3 is 26.6 Å². The van der Waals surface area contributed by atoms with Crippen LogP contribution in [0.2, 0.25) is 0 Å². The summed E-state index contributed by atoms with van der Waals surface area (Å²) in [6.45, 7) is 1.48. The highest BCUT2D eigenvalue weighted by Crippen LogP contribution is 2.25. The van der Waals surface area contributed by atoms with Crippen LogP contribution in [0.4, 0.5) is 17.1 Å². The minimum atomic E-state index is -1.25. The van der Waals surface area contributed by atoms with E-state index >= 15 is 0 Å². The van der Waals surface area contributed by atoms with Gasteiger partial charge in [-0.25, -0.2) is 0 Å². The maximum absolute atomic E-state index is 11.9. The Kier molecular flexibility index (Phi) is 6.42. The number of nitrogens with zero attached hydrogens (tertiary/aromatic N) is 1. The Labute approximate surface area is 131 Å². The molecule has 1 aromatic rings. The number of carboxylic acid groups (broad SMARTS) is 1. The maximum Gasteiger partial charge on any atom is 0.321 e. The van der Waals surface area contributed by atoms with Gasteiger partial charge in [-0.3, -0.25) is 19.7 Å². The molecule has 0 spiro atoms. The van der Waals surface area contributed by atoms with Gasteiger partial charge in [-0.1, -0.05) is 0 Å². The minimum Gasteiger partial charge on any atom is -0.480 e. The lowest BCUT2D eigenvalue weighted by Crippen LogP contribution is -2.42. The van der Waals surface area contributed by atoms with Gasteiger partial charge in [-0.2, -0.15) is 0 Å². The van der Waals surface area contributed by atoms with E-state index in [0.717, 1.165) is 6.07 Å². The molecule has 6 N–H and O–H groups in total. The van der Waals surface area contributed by atoms with Gasteiger partial charge in [0.05, 0.1) is 17.4 Å². The Bertz CT molecular complexity index is 604. The highest BCUT2D eigenvalue weighted by molar-refractivity contribution is 5.94. The molecule has 10 heteroatoms. The number of nitro benzene ring substituents is 1. The summed E-state index contributed by atoms with van der Waals surface area (Å²) in [6, 6.07) is 2.55. The SMILES string of the molecule is CC(O)CNC(CC(=O)Nc1ccc(N)c([N+](=O)[O-])c1)C(=O)O. The van der Waals surface area contributed by atoms with Crippen LogP contribution in [0.15, 0.2) is 18.2 Å². The summed E-state index contributed by atoms with van der Waals surface area (Å²) in [5.74, 6) is -1.89. The van der Waals surface area contributed by atoms with Gasteiger partial charge >= 0.3 is 5.97 Å². The summed E-state index contributed by atoms with van der Waals surface area (Å²) < 4.78 is 0. The molecule has 23 heavy (non-hydrogen) atoms. The summed E-state index contributed by atoms with van der Waals surface area (Å²) in [5, 5.41) is 33.8. The topological polar surface area (TPSA) is 168 Å². The zero-order chi connectivity index (χ0) is 17.6. The third-order valence-electron chi connectivity index (χ3n) is 2.86.